The maximum atomic E-state index is 5.35. The van der Waals surface area contributed by atoms with E-state index in [0.717, 1.165) is 19.5 Å². The van der Waals surface area contributed by atoms with Gasteiger partial charge in [-0.15, -0.1) is 0 Å². The molecule has 1 saturated heterocycles. The van der Waals surface area contributed by atoms with Crippen molar-refractivity contribution in [2.24, 2.45) is 4.99 Å². The third-order valence-corrected chi connectivity index (χ3v) is 5.63. The summed E-state index contributed by atoms with van der Waals surface area (Å²) >= 11 is 0. The number of hydrogen-bond donors (Lipinski definition) is 0. The van der Waals surface area contributed by atoms with Crippen LogP contribution in [0.2, 0.25) is 0 Å². The van der Waals surface area contributed by atoms with Crippen LogP contribution in [-0.4, -0.2) is 66.5 Å². The molecule has 0 unspecified atom stereocenters. The molecular weight excluding hydrogens is 236 g/mol. The van der Waals surface area contributed by atoms with Gasteiger partial charge in [-0.25, -0.2) is 0 Å². The first-order valence-corrected chi connectivity index (χ1v) is 8.03. The van der Waals surface area contributed by atoms with E-state index in [4.69, 9.17) is 13.3 Å². The summed E-state index contributed by atoms with van der Waals surface area (Å²) in [7, 11) is 2.33. The second-order valence-corrected chi connectivity index (χ2v) is 7.06. The van der Waals surface area contributed by atoms with Crippen LogP contribution in [0.1, 0.15) is 19.8 Å². The summed E-state index contributed by atoms with van der Waals surface area (Å²) in [5, 5.41) is 0. The van der Waals surface area contributed by atoms with Gasteiger partial charge in [-0.05, 0) is 25.9 Å². The smallest absolute Gasteiger partial charge is 0.376 e. The van der Waals surface area contributed by atoms with Gasteiger partial charge in [-0.1, -0.05) is 6.92 Å². The molecule has 0 aromatic rings. The largest absolute Gasteiger partial charge is 0.522 e. The average Bonchev–Trinajstić information content (AvgIpc) is 2.41. The van der Waals surface area contributed by atoms with E-state index in [0.29, 0.717) is 6.17 Å². The van der Waals surface area contributed by atoms with E-state index < -0.39 is 8.80 Å². The van der Waals surface area contributed by atoms with Gasteiger partial charge in [-0.2, -0.15) is 0 Å². The molecule has 0 aliphatic carbocycles. The molecule has 1 fully saturated rings. The first kappa shape index (κ1) is 14.8. The fourth-order valence-electron chi connectivity index (χ4n) is 1.97. The summed E-state index contributed by atoms with van der Waals surface area (Å²) < 4.78 is 16.1. The molecule has 0 spiro atoms. The highest BCUT2D eigenvalue weighted by molar-refractivity contribution is 6.61. The van der Waals surface area contributed by atoms with E-state index in [1.54, 1.807) is 21.3 Å². The van der Waals surface area contributed by atoms with Crippen molar-refractivity contribution < 1.29 is 13.3 Å². The van der Waals surface area contributed by atoms with Crippen molar-refractivity contribution in [2.45, 2.75) is 19.8 Å². The lowest BCUT2D eigenvalue weighted by molar-refractivity contribution is 0.125. The van der Waals surface area contributed by atoms with Crippen molar-refractivity contribution in [1.29, 1.82) is 0 Å². The highest BCUT2D eigenvalue weighted by Crippen LogP contribution is 2.10. The van der Waals surface area contributed by atoms with E-state index in [1.165, 1.54) is 18.7 Å². The fourth-order valence-corrected chi connectivity index (χ4v) is 3.28. The Labute approximate surface area is 105 Å². The molecule has 1 rings (SSSR count). The Morgan fingerprint density at radius 3 is 2.41 bits per heavy atom. The molecule has 17 heavy (non-hydrogen) atoms. The van der Waals surface area contributed by atoms with Crippen molar-refractivity contribution in [3.63, 3.8) is 0 Å². The average molecular weight is 260 g/mol. The summed E-state index contributed by atoms with van der Waals surface area (Å²) in [6.07, 6.45) is 2.79. The van der Waals surface area contributed by atoms with Crippen molar-refractivity contribution in [2.75, 3.05) is 47.1 Å². The van der Waals surface area contributed by atoms with Gasteiger partial charge in [0.15, 0.2) is 0 Å². The van der Waals surface area contributed by atoms with E-state index >= 15 is 0 Å². The van der Waals surface area contributed by atoms with E-state index in [2.05, 4.69) is 16.8 Å². The van der Waals surface area contributed by atoms with Crippen molar-refractivity contribution in [3.8, 4) is 0 Å². The van der Waals surface area contributed by atoms with E-state index in [1.807, 2.05) is 0 Å². The Hall–Kier alpha value is -0.273. The van der Waals surface area contributed by atoms with Crippen LogP contribution in [0, 0.1) is 0 Å². The van der Waals surface area contributed by atoms with Crippen LogP contribution in [0.5, 0.6) is 0 Å². The van der Waals surface area contributed by atoms with Gasteiger partial charge in [0.05, 0.1) is 0 Å². The van der Waals surface area contributed by atoms with Crippen molar-refractivity contribution >= 4 is 14.5 Å². The topological polar surface area (TPSA) is 43.3 Å². The Morgan fingerprint density at radius 2 is 1.88 bits per heavy atom. The zero-order chi connectivity index (χ0) is 12.7. The van der Waals surface area contributed by atoms with Crippen LogP contribution in [0.4, 0.5) is 0 Å². The molecule has 6 heteroatoms. The van der Waals surface area contributed by atoms with Gasteiger partial charge < -0.3 is 13.3 Å². The van der Waals surface area contributed by atoms with Gasteiger partial charge >= 0.3 is 8.80 Å². The standard InChI is InChI=1S/C11H24N2O3Si/c1-5-13-8-6-7-11(9-13)12-10-17(14-2,15-3)16-4/h5-10H2,1-4H3. The first-order chi connectivity index (χ1) is 8.19. The molecule has 1 aliphatic rings. The molecule has 0 bridgehead atoms. The molecular formula is C11H24N2O3Si. The van der Waals surface area contributed by atoms with Crippen LogP contribution >= 0.6 is 0 Å². The minimum absolute atomic E-state index is 0.517. The Kier molecular flexibility index (Phi) is 6.28. The lowest BCUT2D eigenvalue weighted by Crippen LogP contribution is -2.47. The van der Waals surface area contributed by atoms with Crippen LogP contribution in [0.3, 0.4) is 0 Å². The second-order valence-electron chi connectivity index (χ2n) is 4.15. The molecule has 0 aromatic heterocycles. The summed E-state index contributed by atoms with van der Waals surface area (Å²) in [6.45, 7) is 5.41. The van der Waals surface area contributed by atoms with Crippen LogP contribution in [-0.2, 0) is 13.3 Å². The van der Waals surface area contributed by atoms with Gasteiger partial charge in [-0.3, -0.25) is 9.89 Å². The van der Waals surface area contributed by atoms with Crippen LogP contribution in [0.15, 0.2) is 4.99 Å². The zero-order valence-electron chi connectivity index (χ0n) is 11.4. The Morgan fingerprint density at radius 1 is 1.24 bits per heavy atom. The number of rotatable bonds is 6. The predicted octanol–water partition coefficient (Wildman–Crippen LogP) is 0.960. The maximum absolute atomic E-state index is 5.35. The molecule has 5 nitrogen and oxygen atoms in total. The Balaban J connectivity index is 2.56. The lowest BCUT2D eigenvalue weighted by Gasteiger charge is -2.27. The third-order valence-electron chi connectivity index (χ3n) is 3.22. The first-order valence-electron chi connectivity index (χ1n) is 6.09. The summed E-state index contributed by atoms with van der Waals surface area (Å²) in [6, 6.07) is 0. The van der Waals surface area contributed by atoms with Gasteiger partial charge in [0.25, 0.3) is 0 Å². The molecule has 0 radical (unpaired) electrons. The summed E-state index contributed by atoms with van der Waals surface area (Å²) in [5.41, 5.74) is 1.24. The monoisotopic (exact) mass is 260 g/mol. The number of nitrogens with zero attached hydrogens (tertiary/aromatic N) is 2. The summed E-state index contributed by atoms with van der Waals surface area (Å²) in [5.74, 6) is 0. The molecule has 0 aromatic carbocycles. The molecule has 100 valence electrons. The molecule has 0 amide bonds. The zero-order valence-corrected chi connectivity index (χ0v) is 12.4. The Bertz CT molecular complexity index is 249. The normalized spacial score (nSPS) is 21.1. The number of hydrogen-bond acceptors (Lipinski definition) is 5. The van der Waals surface area contributed by atoms with Crippen LogP contribution in [0.25, 0.3) is 0 Å². The number of piperidine rings is 1. The van der Waals surface area contributed by atoms with Crippen molar-refractivity contribution in [3.05, 3.63) is 0 Å². The SMILES string of the molecule is CCN1CCCC(=NC[Si](OC)(OC)OC)C1. The van der Waals surface area contributed by atoms with E-state index in [9.17, 15) is 0 Å². The van der Waals surface area contributed by atoms with E-state index in [-0.39, 0.29) is 0 Å². The number of likely N-dealkylation sites (tertiary alicyclic amines) is 1. The highest BCUT2D eigenvalue weighted by Gasteiger charge is 2.37. The van der Waals surface area contributed by atoms with Gasteiger partial charge in [0.2, 0.25) is 0 Å². The maximum Gasteiger partial charge on any atom is 0.522 e. The quantitative estimate of drug-likeness (QED) is 0.667. The fraction of sp³-hybridized carbons (Fsp3) is 0.909. The second kappa shape index (κ2) is 7.23. The molecule has 1 aliphatic heterocycles. The minimum Gasteiger partial charge on any atom is -0.376 e. The molecule has 0 atom stereocenters. The molecule has 0 N–H and O–H groups in total. The predicted molar refractivity (Wildman–Crippen MR) is 70.4 cm³/mol. The lowest BCUT2D eigenvalue weighted by atomic mass is 10.1. The molecule has 1 heterocycles. The summed E-state index contributed by atoms with van der Waals surface area (Å²) in [4.78, 5) is 7.03. The van der Waals surface area contributed by atoms with Gasteiger partial charge in [0, 0.05) is 33.6 Å². The number of aliphatic imine (C=N–C) groups is 1. The third kappa shape index (κ3) is 4.15. The highest BCUT2D eigenvalue weighted by atomic mass is 28.4. The minimum atomic E-state index is -2.54. The van der Waals surface area contributed by atoms with Gasteiger partial charge in [0.1, 0.15) is 6.17 Å². The van der Waals surface area contributed by atoms with Crippen molar-refractivity contribution in [1.82, 2.24) is 4.90 Å². The van der Waals surface area contributed by atoms with Crippen LogP contribution < -0.4 is 0 Å². The molecule has 0 saturated carbocycles.